The molecular weight excluding hydrogens is 631 g/mol. The summed E-state index contributed by atoms with van der Waals surface area (Å²) in [6.07, 6.45) is 0. The summed E-state index contributed by atoms with van der Waals surface area (Å²) in [5.41, 5.74) is 17.7. The lowest BCUT2D eigenvalue weighted by Gasteiger charge is -2.21. The second-order valence-corrected chi connectivity index (χ2v) is 14.2. The molecule has 3 nitrogen and oxygen atoms in total. The smallest absolute Gasteiger partial charge is 0.160 e. The molecule has 0 bridgehead atoms. The van der Waals surface area contributed by atoms with Gasteiger partial charge in [-0.3, -0.25) is 4.98 Å². The van der Waals surface area contributed by atoms with E-state index < -0.39 is 0 Å². The minimum Gasteiger partial charge on any atom is -0.253 e. The summed E-state index contributed by atoms with van der Waals surface area (Å²) in [6, 6.07) is 60.3. The van der Waals surface area contributed by atoms with Crippen LogP contribution in [-0.2, 0) is 5.41 Å². The van der Waals surface area contributed by atoms with Gasteiger partial charge in [0.2, 0.25) is 0 Å². The highest BCUT2D eigenvalue weighted by atomic mass is 14.9. The zero-order valence-corrected chi connectivity index (χ0v) is 29.5. The number of fused-ring (bicyclic) bond motifs is 3. The molecule has 6 aromatic carbocycles. The standard InChI is InChI=1S/C49H37N3/c1-32-13-12-20-45(50-32)36-23-21-33(22-24-36)38-27-39(37-25-26-44-42(30-37)41-18-10-11-19-43(41)49(44,2)3)29-40(28-38)48-51-46(34-14-6-4-7-15-34)31-47(52-48)35-16-8-5-9-17-35/h4-31H,1-3H3. The van der Waals surface area contributed by atoms with Crippen molar-refractivity contribution in [2.75, 3.05) is 0 Å². The predicted molar refractivity (Wildman–Crippen MR) is 215 cm³/mol. The Bertz CT molecular complexity index is 2530. The second kappa shape index (κ2) is 12.7. The summed E-state index contributed by atoms with van der Waals surface area (Å²) in [7, 11) is 0. The highest BCUT2D eigenvalue weighted by Crippen LogP contribution is 2.49. The normalized spacial score (nSPS) is 12.7. The van der Waals surface area contributed by atoms with Crippen molar-refractivity contribution in [1.82, 2.24) is 15.0 Å². The van der Waals surface area contributed by atoms with Gasteiger partial charge in [-0.1, -0.05) is 141 Å². The van der Waals surface area contributed by atoms with E-state index in [1.54, 1.807) is 0 Å². The molecule has 0 unspecified atom stereocenters. The van der Waals surface area contributed by atoms with Crippen LogP contribution in [0.1, 0.15) is 30.7 Å². The molecule has 0 fully saturated rings. The lowest BCUT2D eigenvalue weighted by molar-refractivity contribution is 0.660. The van der Waals surface area contributed by atoms with Gasteiger partial charge in [0.25, 0.3) is 0 Å². The molecule has 0 radical (unpaired) electrons. The topological polar surface area (TPSA) is 38.7 Å². The molecule has 0 spiro atoms. The summed E-state index contributed by atoms with van der Waals surface area (Å²) >= 11 is 0. The molecule has 1 aliphatic carbocycles. The molecule has 0 saturated heterocycles. The monoisotopic (exact) mass is 667 g/mol. The van der Waals surface area contributed by atoms with Gasteiger partial charge in [-0.05, 0) is 93.9 Å². The summed E-state index contributed by atoms with van der Waals surface area (Å²) in [5, 5.41) is 0. The molecule has 8 aromatic rings. The van der Waals surface area contributed by atoms with E-state index in [0.29, 0.717) is 5.82 Å². The van der Waals surface area contributed by atoms with Crippen LogP contribution in [0.2, 0.25) is 0 Å². The van der Waals surface area contributed by atoms with E-state index in [4.69, 9.17) is 15.0 Å². The minimum absolute atomic E-state index is 0.0507. The van der Waals surface area contributed by atoms with Gasteiger partial charge >= 0.3 is 0 Å². The second-order valence-electron chi connectivity index (χ2n) is 14.2. The van der Waals surface area contributed by atoms with Crippen LogP contribution < -0.4 is 0 Å². The van der Waals surface area contributed by atoms with Gasteiger partial charge in [0, 0.05) is 33.4 Å². The maximum absolute atomic E-state index is 5.22. The van der Waals surface area contributed by atoms with Gasteiger partial charge in [0.1, 0.15) is 0 Å². The zero-order chi connectivity index (χ0) is 35.2. The highest BCUT2D eigenvalue weighted by Gasteiger charge is 2.35. The van der Waals surface area contributed by atoms with E-state index in [0.717, 1.165) is 67.3 Å². The fourth-order valence-corrected chi connectivity index (χ4v) is 7.62. The van der Waals surface area contributed by atoms with Crippen molar-refractivity contribution >= 4 is 0 Å². The summed E-state index contributed by atoms with van der Waals surface area (Å²) in [6.45, 7) is 6.68. The van der Waals surface area contributed by atoms with E-state index in [9.17, 15) is 0 Å². The molecule has 9 rings (SSSR count). The third-order valence-corrected chi connectivity index (χ3v) is 10.4. The molecule has 52 heavy (non-hydrogen) atoms. The Morgan fingerprint density at radius 2 is 0.885 bits per heavy atom. The average Bonchev–Trinajstić information content (AvgIpc) is 3.43. The Kier molecular flexibility index (Phi) is 7.70. The molecule has 2 aromatic heterocycles. The number of hydrogen-bond donors (Lipinski definition) is 0. The minimum atomic E-state index is -0.0507. The SMILES string of the molecule is Cc1cccc(-c2ccc(-c3cc(-c4ccc5c(c4)-c4ccccc4C5(C)C)cc(-c4nc(-c5ccccc5)cc(-c5ccccc5)n4)c3)cc2)n1. The number of aryl methyl sites for hydroxylation is 1. The van der Waals surface area contributed by atoms with Crippen LogP contribution in [0.25, 0.3) is 78.5 Å². The largest absolute Gasteiger partial charge is 0.253 e. The van der Waals surface area contributed by atoms with Crippen LogP contribution in [0, 0.1) is 6.92 Å². The average molecular weight is 668 g/mol. The number of nitrogens with zero attached hydrogens (tertiary/aromatic N) is 3. The van der Waals surface area contributed by atoms with Gasteiger partial charge in [0.15, 0.2) is 5.82 Å². The highest BCUT2D eigenvalue weighted by molar-refractivity contribution is 5.87. The fraction of sp³-hybridized carbons (Fsp3) is 0.0816. The van der Waals surface area contributed by atoms with Gasteiger partial charge in [0.05, 0.1) is 17.1 Å². The van der Waals surface area contributed by atoms with Gasteiger partial charge in [-0.25, -0.2) is 9.97 Å². The summed E-state index contributed by atoms with van der Waals surface area (Å²) < 4.78 is 0. The molecule has 1 aliphatic rings. The molecule has 0 saturated carbocycles. The number of pyridine rings is 1. The molecule has 0 N–H and O–H groups in total. The lowest BCUT2D eigenvalue weighted by Crippen LogP contribution is -2.14. The summed E-state index contributed by atoms with van der Waals surface area (Å²) in [4.78, 5) is 15.2. The van der Waals surface area contributed by atoms with E-state index in [2.05, 4.69) is 166 Å². The number of hydrogen-bond acceptors (Lipinski definition) is 3. The first-order valence-corrected chi connectivity index (χ1v) is 17.9. The molecule has 0 amide bonds. The predicted octanol–water partition coefficient (Wildman–Crippen LogP) is 12.5. The van der Waals surface area contributed by atoms with E-state index in [1.807, 2.05) is 25.1 Å². The molecule has 3 heteroatoms. The first-order valence-electron chi connectivity index (χ1n) is 17.9. The Balaban J connectivity index is 1.23. The number of aromatic nitrogens is 3. The Labute approximate surface area is 305 Å². The number of rotatable bonds is 6. The fourth-order valence-electron chi connectivity index (χ4n) is 7.62. The zero-order valence-electron chi connectivity index (χ0n) is 29.5. The molecule has 0 aliphatic heterocycles. The third kappa shape index (κ3) is 5.71. The van der Waals surface area contributed by atoms with Gasteiger partial charge < -0.3 is 0 Å². The molecule has 248 valence electrons. The van der Waals surface area contributed by atoms with Crippen molar-refractivity contribution < 1.29 is 0 Å². The molecule has 2 heterocycles. The van der Waals surface area contributed by atoms with Gasteiger partial charge in [-0.15, -0.1) is 0 Å². The van der Waals surface area contributed by atoms with Crippen LogP contribution >= 0.6 is 0 Å². The molecular formula is C49H37N3. The van der Waals surface area contributed by atoms with E-state index >= 15 is 0 Å². The first kappa shape index (κ1) is 31.5. The van der Waals surface area contributed by atoms with Crippen LogP contribution in [0.15, 0.2) is 170 Å². The van der Waals surface area contributed by atoms with Crippen molar-refractivity contribution in [2.24, 2.45) is 0 Å². The van der Waals surface area contributed by atoms with Crippen LogP contribution in [0.5, 0.6) is 0 Å². The third-order valence-electron chi connectivity index (χ3n) is 10.4. The van der Waals surface area contributed by atoms with Crippen LogP contribution in [-0.4, -0.2) is 15.0 Å². The Hall–Kier alpha value is -6.45. The van der Waals surface area contributed by atoms with E-state index in [1.165, 1.54) is 22.3 Å². The van der Waals surface area contributed by atoms with Crippen LogP contribution in [0.4, 0.5) is 0 Å². The quantitative estimate of drug-likeness (QED) is 0.177. The first-order chi connectivity index (χ1) is 25.4. The van der Waals surface area contributed by atoms with Crippen LogP contribution in [0.3, 0.4) is 0 Å². The number of benzene rings is 6. The van der Waals surface area contributed by atoms with Gasteiger partial charge in [-0.2, -0.15) is 0 Å². The Morgan fingerprint density at radius 1 is 0.346 bits per heavy atom. The molecule has 0 atom stereocenters. The Morgan fingerprint density at radius 3 is 1.56 bits per heavy atom. The van der Waals surface area contributed by atoms with Crippen molar-refractivity contribution in [3.8, 4) is 78.5 Å². The van der Waals surface area contributed by atoms with Crippen molar-refractivity contribution in [1.29, 1.82) is 0 Å². The maximum Gasteiger partial charge on any atom is 0.160 e. The maximum atomic E-state index is 5.22. The van der Waals surface area contributed by atoms with E-state index in [-0.39, 0.29) is 5.41 Å². The lowest BCUT2D eigenvalue weighted by atomic mass is 9.82. The summed E-state index contributed by atoms with van der Waals surface area (Å²) in [5.74, 6) is 0.691. The van der Waals surface area contributed by atoms with Crippen molar-refractivity contribution in [2.45, 2.75) is 26.2 Å². The van der Waals surface area contributed by atoms with Crippen molar-refractivity contribution in [3.05, 3.63) is 187 Å². The van der Waals surface area contributed by atoms with Crippen molar-refractivity contribution in [3.63, 3.8) is 0 Å².